The van der Waals surface area contributed by atoms with Crippen molar-refractivity contribution < 1.29 is 19.1 Å². The van der Waals surface area contributed by atoms with Crippen molar-refractivity contribution in [1.29, 1.82) is 0 Å². The summed E-state index contributed by atoms with van der Waals surface area (Å²) >= 11 is 0. The van der Waals surface area contributed by atoms with Crippen molar-refractivity contribution in [3.63, 3.8) is 0 Å². The van der Waals surface area contributed by atoms with E-state index in [-0.39, 0.29) is 24.9 Å². The number of nitrogens with two attached hydrogens (primary N) is 1. The topological polar surface area (TPSA) is 90.6 Å². The molecule has 0 saturated heterocycles. The van der Waals surface area contributed by atoms with E-state index in [1.807, 2.05) is 13.8 Å². The van der Waals surface area contributed by atoms with Gasteiger partial charge in [0, 0.05) is 5.69 Å². The van der Waals surface area contributed by atoms with Crippen LogP contribution in [-0.4, -0.2) is 31.6 Å². The quantitative estimate of drug-likeness (QED) is 0.585. The number of rotatable bonds is 7. The first kappa shape index (κ1) is 16.8. The molecule has 0 aromatic heterocycles. The minimum atomic E-state index is -0.640. The molecule has 1 aromatic carbocycles. The number of hydrogen-bond donors (Lipinski definition) is 2. The fourth-order valence-corrected chi connectivity index (χ4v) is 1.70. The number of anilines is 1. The number of esters is 1. The molecule has 0 fully saturated rings. The van der Waals surface area contributed by atoms with Crippen molar-refractivity contribution >= 4 is 17.6 Å². The van der Waals surface area contributed by atoms with Gasteiger partial charge in [0.05, 0.1) is 20.1 Å². The van der Waals surface area contributed by atoms with Gasteiger partial charge < -0.3 is 20.5 Å². The Labute approximate surface area is 124 Å². The lowest BCUT2D eigenvalue weighted by atomic mass is 10.0. The first-order chi connectivity index (χ1) is 9.93. The molecule has 0 aliphatic heterocycles. The van der Waals surface area contributed by atoms with E-state index in [0.717, 1.165) is 0 Å². The Bertz CT molecular complexity index is 471. The third kappa shape index (κ3) is 5.72. The number of nitrogen functional groups attached to an aromatic ring is 1. The Morgan fingerprint density at radius 3 is 2.38 bits per heavy atom. The lowest BCUT2D eigenvalue weighted by Crippen LogP contribution is -2.45. The van der Waals surface area contributed by atoms with Gasteiger partial charge in [0.25, 0.3) is 0 Å². The molecule has 0 bridgehead atoms. The number of methoxy groups -OCH3 is 1. The monoisotopic (exact) mass is 294 g/mol. The molecule has 21 heavy (non-hydrogen) atoms. The van der Waals surface area contributed by atoms with Crippen LogP contribution >= 0.6 is 0 Å². The van der Waals surface area contributed by atoms with Gasteiger partial charge in [-0.1, -0.05) is 13.8 Å². The Balaban J connectivity index is 2.39. The smallest absolute Gasteiger partial charge is 0.328 e. The molecule has 1 aromatic rings. The van der Waals surface area contributed by atoms with Crippen molar-refractivity contribution in [3.8, 4) is 5.75 Å². The van der Waals surface area contributed by atoms with Gasteiger partial charge >= 0.3 is 5.97 Å². The van der Waals surface area contributed by atoms with Crippen molar-refractivity contribution in [2.45, 2.75) is 26.3 Å². The zero-order valence-corrected chi connectivity index (χ0v) is 12.6. The SMILES string of the molecule is COC(=O)C(NC(=O)CCOc1ccc(N)cc1)C(C)C. The van der Waals surface area contributed by atoms with Crippen LogP contribution in [0.2, 0.25) is 0 Å². The van der Waals surface area contributed by atoms with E-state index < -0.39 is 12.0 Å². The van der Waals surface area contributed by atoms with E-state index >= 15 is 0 Å². The van der Waals surface area contributed by atoms with Gasteiger partial charge in [-0.2, -0.15) is 0 Å². The molecule has 6 heteroatoms. The highest BCUT2D eigenvalue weighted by Crippen LogP contribution is 2.13. The van der Waals surface area contributed by atoms with Crippen LogP contribution in [0.4, 0.5) is 5.69 Å². The lowest BCUT2D eigenvalue weighted by Gasteiger charge is -2.19. The highest BCUT2D eigenvalue weighted by molar-refractivity contribution is 5.84. The molecule has 6 nitrogen and oxygen atoms in total. The van der Waals surface area contributed by atoms with E-state index in [1.165, 1.54) is 7.11 Å². The molecule has 1 unspecified atom stereocenters. The number of nitrogens with one attached hydrogen (secondary N) is 1. The maximum Gasteiger partial charge on any atom is 0.328 e. The molecule has 0 radical (unpaired) electrons. The summed E-state index contributed by atoms with van der Waals surface area (Å²) in [4.78, 5) is 23.3. The summed E-state index contributed by atoms with van der Waals surface area (Å²) in [5.41, 5.74) is 6.22. The minimum absolute atomic E-state index is 0.0422. The molecular weight excluding hydrogens is 272 g/mol. The number of amides is 1. The van der Waals surface area contributed by atoms with Crippen LogP contribution in [0.3, 0.4) is 0 Å². The van der Waals surface area contributed by atoms with E-state index in [1.54, 1.807) is 24.3 Å². The Kier molecular flexibility index (Phi) is 6.52. The summed E-state index contributed by atoms with van der Waals surface area (Å²) < 4.78 is 10.1. The third-order valence-corrected chi connectivity index (χ3v) is 2.92. The normalized spacial score (nSPS) is 11.8. The summed E-state index contributed by atoms with van der Waals surface area (Å²) in [5, 5.41) is 2.65. The van der Waals surface area contributed by atoms with Crippen LogP contribution in [-0.2, 0) is 14.3 Å². The second-order valence-corrected chi connectivity index (χ2v) is 4.98. The van der Waals surface area contributed by atoms with Crippen molar-refractivity contribution in [2.75, 3.05) is 19.5 Å². The molecular formula is C15H22N2O4. The Hall–Kier alpha value is -2.24. The van der Waals surface area contributed by atoms with Crippen LogP contribution in [0.1, 0.15) is 20.3 Å². The first-order valence-corrected chi connectivity index (χ1v) is 6.79. The summed E-state index contributed by atoms with van der Waals surface area (Å²) in [6.45, 7) is 3.90. The Morgan fingerprint density at radius 1 is 1.24 bits per heavy atom. The van der Waals surface area contributed by atoms with E-state index in [2.05, 4.69) is 10.1 Å². The Morgan fingerprint density at radius 2 is 1.86 bits per heavy atom. The van der Waals surface area contributed by atoms with E-state index in [0.29, 0.717) is 11.4 Å². The van der Waals surface area contributed by atoms with Crippen LogP contribution in [0.15, 0.2) is 24.3 Å². The molecule has 1 amide bonds. The predicted molar refractivity (Wildman–Crippen MR) is 79.8 cm³/mol. The number of ether oxygens (including phenoxy) is 2. The van der Waals surface area contributed by atoms with Crippen LogP contribution in [0.5, 0.6) is 5.75 Å². The number of carbonyl (C=O) groups excluding carboxylic acids is 2. The standard InChI is InChI=1S/C15H22N2O4/c1-10(2)14(15(19)20-3)17-13(18)8-9-21-12-6-4-11(16)5-7-12/h4-7,10,14H,8-9,16H2,1-3H3,(H,17,18). The largest absolute Gasteiger partial charge is 0.493 e. The fraction of sp³-hybridized carbons (Fsp3) is 0.467. The van der Waals surface area contributed by atoms with E-state index in [4.69, 9.17) is 10.5 Å². The zero-order chi connectivity index (χ0) is 15.8. The summed E-state index contributed by atoms with van der Waals surface area (Å²) in [5.74, 6) is -0.0999. The van der Waals surface area contributed by atoms with Crippen LogP contribution in [0, 0.1) is 5.92 Å². The average molecular weight is 294 g/mol. The molecule has 0 heterocycles. The van der Waals surface area contributed by atoms with Crippen molar-refractivity contribution in [3.05, 3.63) is 24.3 Å². The second-order valence-electron chi connectivity index (χ2n) is 4.98. The van der Waals surface area contributed by atoms with Gasteiger partial charge in [0.1, 0.15) is 11.8 Å². The first-order valence-electron chi connectivity index (χ1n) is 6.79. The maximum atomic E-state index is 11.8. The average Bonchev–Trinajstić information content (AvgIpc) is 2.45. The predicted octanol–water partition coefficient (Wildman–Crippen LogP) is 1.35. The molecule has 0 aliphatic rings. The van der Waals surface area contributed by atoms with Crippen molar-refractivity contribution in [1.82, 2.24) is 5.32 Å². The van der Waals surface area contributed by atoms with Gasteiger partial charge in [-0.15, -0.1) is 0 Å². The number of hydrogen-bond acceptors (Lipinski definition) is 5. The van der Waals surface area contributed by atoms with Crippen molar-refractivity contribution in [2.24, 2.45) is 5.92 Å². The molecule has 1 atom stereocenters. The molecule has 116 valence electrons. The minimum Gasteiger partial charge on any atom is -0.493 e. The summed E-state index contributed by atoms with van der Waals surface area (Å²) in [6, 6.07) is 6.28. The number of carbonyl (C=O) groups is 2. The van der Waals surface area contributed by atoms with Gasteiger partial charge in [0.2, 0.25) is 5.91 Å². The maximum absolute atomic E-state index is 11.8. The molecule has 1 rings (SSSR count). The summed E-state index contributed by atoms with van der Waals surface area (Å²) in [6.07, 6.45) is 0.157. The molecule has 0 saturated carbocycles. The van der Waals surface area contributed by atoms with Gasteiger partial charge in [-0.3, -0.25) is 4.79 Å². The van der Waals surface area contributed by atoms with Crippen LogP contribution < -0.4 is 15.8 Å². The molecule has 0 aliphatic carbocycles. The van der Waals surface area contributed by atoms with Gasteiger partial charge in [0.15, 0.2) is 0 Å². The highest BCUT2D eigenvalue weighted by Gasteiger charge is 2.24. The third-order valence-electron chi connectivity index (χ3n) is 2.92. The highest BCUT2D eigenvalue weighted by atomic mass is 16.5. The fourth-order valence-electron chi connectivity index (χ4n) is 1.70. The lowest BCUT2D eigenvalue weighted by molar-refractivity contribution is -0.146. The second kappa shape index (κ2) is 8.14. The van der Waals surface area contributed by atoms with Crippen LogP contribution in [0.25, 0.3) is 0 Å². The van der Waals surface area contributed by atoms with Gasteiger partial charge in [-0.05, 0) is 30.2 Å². The molecule has 0 spiro atoms. The van der Waals surface area contributed by atoms with Gasteiger partial charge in [-0.25, -0.2) is 4.79 Å². The molecule has 3 N–H and O–H groups in total. The van der Waals surface area contributed by atoms with E-state index in [9.17, 15) is 9.59 Å². The summed E-state index contributed by atoms with van der Waals surface area (Å²) in [7, 11) is 1.30. The zero-order valence-electron chi connectivity index (χ0n) is 12.6. The number of benzene rings is 1.